The maximum Gasteiger partial charge on any atom is 0.436 e. The number of ketones is 1. The monoisotopic (exact) mass is 470 g/mol. The van der Waals surface area contributed by atoms with Crippen LogP contribution in [0.25, 0.3) is 0 Å². The van der Waals surface area contributed by atoms with Crippen molar-refractivity contribution >= 4 is 5.78 Å². The van der Waals surface area contributed by atoms with Gasteiger partial charge in [-0.15, -0.1) is 0 Å². The lowest BCUT2D eigenvalue weighted by Gasteiger charge is -2.35. The standard InChI is InChI=1S/C29H42O5/c1-8-9-10-11-18-31-29(32-19-17-23(4)14-12-13-22(2)3)27(30)21-24-20-25(33-28(5,6)7)15-16-26(24)34-29/h11,13,15-18,20H,8-10,12,14,19,21H2,1-7H3. The number of unbranched alkanes of at least 4 members (excludes halogenated alkanes) is 2. The van der Waals surface area contributed by atoms with Gasteiger partial charge in [-0.25, -0.2) is 0 Å². The fourth-order valence-electron chi connectivity index (χ4n) is 3.44. The molecular weight excluding hydrogens is 428 g/mol. The van der Waals surface area contributed by atoms with Crippen molar-refractivity contribution in [1.29, 1.82) is 0 Å². The van der Waals surface area contributed by atoms with E-state index in [2.05, 4.69) is 33.8 Å². The third kappa shape index (κ3) is 9.02. The molecule has 1 heterocycles. The number of hydrogen-bond donors (Lipinski definition) is 0. The normalized spacial score (nSPS) is 18.4. The maximum absolute atomic E-state index is 13.2. The Bertz CT molecular complexity index is 900. The van der Waals surface area contributed by atoms with Gasteiger partial charge >= 0.3 is 5.97 Å². The molecule has 1 aromatic rings. The molecule has 34 heavy (non-hydrogen) atoms. The Kier molecular flexibility index (Phi) is 10.4. The average Bonchev–Trinajstić information content (AvgIpc) is 2.73. The van der Waals surface area contributed by atoms with Crippen molar-refractivity contribution < 1.29 is 23.7 Å². The molecule has 1 aliphatic rings. The van der Waals surface area contributed by atoms with E-state index in [0.29, 0.717) is 11.5 Å². The summed E-state index contributed by atoms with van der Waals surface area (Å²) in [5.74, 6) is -0.805. The predicted octanol–water partition coefficient (Wildman–Crippen LogP) is 7.45. The summed E-state index contributed by atoms with van der Waals surface area (Å²) in [7, 11) is 0. The molecule has 0 saturated carbocycles. The van der Waals surface area contributed by atoms with Gasteiger partial charge in [0.2, 0.25) is 0 Å². The zero-order valence-electron chi connectivity index (χ0n) is 22.0. The molecule has 1 unspecified atom stereocenters. The molecule has 5 heteroatoms. The number of fused-ring (bicyclic) bond motifs is 1. The van der Waals surface area contributed by atoms with E-state index in [4.69, 9.17) is 18.9 Å². The van der Waals surface area contributed by atoms with Gasteiger partial charge in [-0.2, -0.15) is 0 Å². The lowest BCUT2D eigenvalue weighted by Crippen LogP contribution is -2.52. The Labute approximate surface area is 205 Å². The molecule has 5 nitrogen and oxygen atoms in total. The molecule has 2 rings (SSSR count). The molecule has 0 amide bonds. The second kappa shape index (κ2) is 12.8. The third-order valence-electron chi connectivity index (χ3n) is 5.23. The van der Waals surface area contributed by atoms with Crippen LogP contribution in [-0.2, 0) is 20.7 Å². The summed E-state index contributed by atoms with van der Waals surface area (Å²) in [5, 5.41) is 0. The molecule has 0 aliphatic carbocycles. The van der Waals surface area contributed by atoms with Crippen LogP contribution in [0, 0.1) is 0 Å². The first-order valence-electron chi connectivity index (χ1n) is 12.3. The van der Waals surface area contributed by atoms with Gasteiger partial charge in [0.1, 0.15) is 17.1 Å². The van der Waals surface area contributed by atoms with Crippen molar-refractivity contribution in [1.82, 2.24) is 0 Å². The van der Waals surface area contributed by atoms with E-state index in [0.717, 1.165) is 37.7 Å². The summed E-state index contributed by atoms with van der Waals surface area (Å²) < 4.78 is 23.9. The number of allylic oxidation sites excluding steroid dienone is 4. The van der Waals surface area contributed by atoms with Gasteiger partial charge in [-0.05, 0) is 91.5 Å². The van der Waals surface area contributed by atoms with Gasteiger partial charge in [-0.1, -0.05) is 36.6 Å². The topological polar surface area (TPSA) is 54.0 Å². The summed E-state index contributed by atoms with van der Waals surface area (Å²) in [5.41, 5.74) is 2.93. The lowest BCUT2D eigenvalue weighted by atomic mass is 10.0. The Hall–Kier alpha value is -2.53. The second-order valence-corrected chi connectivity index (χ2v) is 10.1. The minimum Gasteiger partial charge on any atom is -0.488 e. The minimum absolute atomic E-state index is 0.142. The van der Waals surface area contributed by atoms with Gasteiger partial charge in [0.05, 0.1) is 12.9 Å². The number of ether oxygens (including phenoxy) is 4. The average molecular weight is 471 g/mol. The second-order valence-electron chi connectivity index (χ2n) is 10.1. The highest BCUT2D eigenvalue weighted by atomic mass is 16.9. The SMILES string of the molecule is CCCCC=COC1(OCC=C(C)CCC=C(C)C)Oc2ccc(OC(C)(C)C)cc2CC1=O. The summed E-state index contributed by atoms with van der Waals surface area (Å²) in [6, 6.07) is 5.51. The highest BCUT2D eigenvalue weighted by Crippen LogP contribution is 2.36. The molecule has 0 saturated heterocycles. The molecule has 0 aromatic heterocycles. The van der Waals surface area contributed by atoms with E-state index < -0.39 is 5.97 Å². The van der Waals surface area contributed by atoms with Crippen LogP contribution >= 0.6 is 0 Å². The summed E-state index contributed by atoms with van der Waals surface area (Å²) >= 11 is 0. The van der Waals surface area contributed by atoms with Crippen molar-refractivity contribution in [2.24, 2.45) is 0 Å². The van der Waals surface area contributed by atoms with E-state index in [1.807, 2.05) is 51.1 Å². The van der Waals surface area contributed by atoms with Crippen LogP contribution in [0.2, 0.25) is 0 Å². The number of rotatable bonds is 12. The first-order valence-corrected chi connectivity index (χ1v) is 12.3. The molecule has 188 valence electrons. The molecule has 1 aromatic carbocycles. The van der Waals surface area contributed by atoms with Gasteiger partial charge in [0.25, 0.3) is 5.78 Å². The Balaban J connectivity index is 2.18. The van der Waals surface area contributed by atoms with Crippen LogP contribution in [0.1, 0.15) is 86.1 Å². The van der Waals surface area contributed by atoms with Crippen molar-refractivity contribution in [3.8, 4) is 11.5 Å². The number of hydrogen-bond acceptors (Lipinski definition) is 5. The molecule has 1 atom stereocenters. The fraction of sp³-hybridized carbons (Fsp3) is 0.552. The first kappa shape index (κ1) is 27.7. The molecule has 0 bridgehead atoms. The van der Waals surface area contributed by atoms with Crippen LogP contribution < -0.4 is 9.47 Å². The first-order chi connectivity index (χ1) is 16.0. The van der Waals surface area contributed by atoms with Crippen LogP contribution in [0.5, 0.6) is 11.5 Å². The summed E-state index contributed by atoms with van der Waals surface area (Å²) in [6.45, 7) is 14.6. The molecule has 0 spiro atoms. The van der Waals surface area contributed by atoms with Crippen LogP contribution in [0.4, 0.5) is 0 Å². The van der Waals surface area contributed by atoms with E-state index in [1.54, 1.807) is 0 Å². The maximum atomic E-state index is 13.2. The molecule has 1 aliphatic heterocycles. The molecule has 0 N–H and O–H groups in total. The largest absolute Gasteiger partial charge is 0.488 e. The van der Waals surface area contributed by atoms with Crippen molar-refractivity contribution in [3.63, 3.8) is 0 Å². The van der Waals surface area contributed by atoms with Gasteiger partial charge < -0.3 is 14.2 Å². The van der Waals surface area contributed by atoms with E-state index >= 15 is 0 Å². The zero-order chi connectivity index (χ0) is 25.2. The van der Waals surface area contributed by atoms with Gasteiger partial charge in [0, 0.05) is 12.0 Å². The smallest absolute Gasteiger partial charge is 0.436 e. The number of Topliss-reactive ketones (excluding diaryl/α,β-unsaturated/α-hetero) is 1. The van der Waals surface area contributed by atoms with Crippen molar-refractivity contribution in [2.75, 3.05) is 6.61 Å². The molecule has 0 radical (unpaired) electrons. The van der Waals surface area contributed by atoms with E-state index in [1.165, 1.54) is 17.4 Å². The van der Waals surface area contributed by atoms with Crippen LogP contribution in [-0.4, -0.2) is 24.0 Å². The summed E-state index contributed by atoms with van der Waals surface area (Å²) in [4.78, 5) is 13.2. The highest BCUT2D eigenvalue weighted by molar-refractivity contribution is 5.89. The molecular formula is C29H42O5. The number of carbonyl (C=O) groups excluding carboxylic acids is 1. The molecule has 0 fully saturated rings. The van der Waals surface area contributed by atoms with Crippen LogP contribution in [0.15, 0.2) is 53.8 Å². The van der Waals surface area contributed by atoms with Gasteiger partial charge in [-0.3, -0.25) is 9.53 Å². The quantitative estimate of drug-likeness (QED) is 0.137. The highest BCUT2D eigenvalue weighted by Gasteiger charge is 2.48. The van der Waals surface area contributed by atoms with E-state index in [9.17, 15) is 4.79 Å². The minimum atomic E-state index is -1.79. The number of carbonyl (C=O) groups is 1. The Morgan fingerprint density at radius 1 is 1.15 bits per heavy atom. The van der Waals surface area contributed by atoms with E-state index in [-0.39, 0.29) is 24.4 Å². The fourth-order valence-corrected chi connectivity index (χ4v) is 3.44. The predicted molar refractivity (Wildman–Crippen MR) is 137 cm³/mol. The van der Waals surface area contributed by atoms with Crippen LogP contribution in [0.3, 0.4) is 0 Å². The lowest BCUT2D eigenvalue weighted by molar-refractivity contribution is -0.296. The van der Waals surface area contributed by atoms with Gasteiger partial charge in [0.15, 0.2) is 0 Å². The third-order valence-corrected chi connectivity index (χ3v) is 5.23. The van der Waals surface area contributed by atoms with Crippen molar-refractivity contribution in [3.05, 3.63) is 59.4 Å². The zero-order valence-corrected chi connectivity index (χ0v) is 22.0. The summed E-state index contributed by atoms with van der Waals surface area (Å²) in [6.07, 6.45) is 12.7. The number of benzene rings is 1. The Morgan fingerprint density at radius 2 is 1.91 bits per heavy atom. The van der Waals surface area contributed by atoms with Crippen molar-refractivity contribution in [2.45, 2.75) is 98.6 Å². The Morgan fingerprint density at radius 3 is 2.59 bits per heavy atom.